The van der Waals surface area contributed by atoms with Gasteiger partial charge in [0.25, 0.3) is 5.91 Å². The normalized spacial score (nSPS) is 9.95. The van der Waals surface area contributed by atoms with Gasteiger partial charge in [0.1, 0.15) is 5.75 Å². The molecule has 0 aromatic heterocycles. The van der Waals surface area contributed by atoms with Gasteiger partial charge in [0, 0.05) is 11.9 Å². The molecular formula is C15H17N3O3. The zero-order chi connectivity index (χ0) is 15.1. The summed E-state index contributed by atoms with van der Waals surface area (Å²) in [6, 6.07) is 12.9. The number of hydrogen-bond donors (Lipinski definition) is 3. The van der Waals surface area contributed by atoms with Crippen LogP contribution in [0, 0.1) is 0 Å². The van der Waals surface area contributed by atoms with E-state index in [9.17, 15) is 9.59 Å². The molecule has 0 spiro atoms. The Hall–Kier alpha value is -2.76. The Kier molecular flexibility index (Phi) is 4.98. The quantitative estimate of drug-likeness (QED) is 0.747. The van der Waals surface area contributed by atoms with Crippen LogP contribution < -0.4 is 20.9 Å². The highest BCUT2D eigenvalue weighted by molar-refractivity contribution is 5.88. The minimum absolute atomic E-state index is 0.180. The minimum atomic E-state index is -0.462. The van der Waals surface area contributed by atoms with E-state index in [0.717, 1.165) is 10.8 Å². The molecule has 3 N–H and O–H groups in total. The van der Waals surface area contributed by atoms with Gasteiger partial charge in [-0.1, -0.05) is 36.4 Å². The van der Waals surface area contributed by atoms with Crippen molar-refractivity contribution in [1.29, 1.82) is 0 Å². The number of ether oxygens (including phenoxy) is 1. The standard InChI is InChI=1S/C15H17N3O3/c1-2-16-15(20)18-17-14(19)10-21-13-9-5-7-11-6-3-4-8-12(11)13/h3-9H,2,10H2,1H3,(H,17,19)(H2,16,18,20). The molecule has 3 amide bonds. The van der Waals surface area contributed by atoms with Crippen molar-refractivity contribution in [1.82, 2.24) is 16.2 Å². The number of amides is 3. The molecule has 0 bridgehead atoms. The summed E-state index contributed by atoms with van der Waals surface area (Å²) in [6.45, 7) is 2.08. The van der Waals surface area contributed by atoms with E-state index in [1.54, 1.807) is 13.0 Å². The Balaban J connectivity index is 1.90. The lowest BCUT2D eigenvalue weighted by Gasteiger charge is -2.10. The van der Waals surface area contributed by atoms with Crippen molar-refractivity contribution >= 4 is 22.7 Å². The highest BCUT2D eigenvalue weighted by Gasteiger charge is 2.06. The number of carbonyl (C=O) groups excluding carboxylic acids is 2. The molecular weight excluding hydrogens is 270 g/mol. The van der Waals surface area contributed by atoms with E-state index in [-0.39, 0.29) is 6.61 Å². The van der Waals surface area contributed by atoms with Crippen LogP contribution in [0.4, 0.5) is 4.79 Å². The molecule has 6 nitrogen and oxygen atoms in total. The number of fused-ring (bicyclic) bond motifs is 1. The van der Waals surface area contributed by atoms with E-state index in [1.807, 2.05) is 36.4 Å². The third-order valence-corrected chi connectivity index (χ3v) is 2.76. The molecule has 2 aromatic carbocycles. The summed E-state index contributed by atoms with van der Waals surface area (Å²) in [6.07, 6.45) is 0. The molecule has 0 unspecified atom stereocenters. The van der Waals surface area contributed by atoms with Crippen molar-refractivity contribution in [2.45, 2.75) is 6.92 Å². The fourth-order valence-corrected chi connectivity index (χ4v) is 1.83. The van der Waals surface area contributed by atoms with Gasteiger partial charge < -0.3 is 10.1 Å². The summed E-state index contributed by atoms with van der Waals surface area (Å²) in [5.41, 5.74) is 4.49. The predicted molar refractivity (Wildman–Crippen MR) is 79.8 cm³/mol. The van der Waals surface area contributed by atoms with Crippen molar-refractivity contribution < 1.29 is 14.3 Å². The van der Waals surface area contributed by atoms with E-state index >= 15 is 0 Å². The van der Waals surface area contributed by atoms with E-state index < -0.39 is 11.9 Å². The average Bonchev–Trinajstić information content (AvgIpc) is 2.51. The molecule has 2 rings (SSSR count). The molecule has 0 fully saturated rings. The summed E-state index contributed by atoms with van der Waals surface area (Å²) in [4.78, 5) is 22.7. The highest BCUT2D eigenvalue weighted by Crippen LogP contribution is 2.24. The molecule has 2 aromatic rings. The molecule has 0 saturated carbocycles. The summed E-state index contributed by atoms with van der Waals surface area (Å²) in [7, 11) is 0. The van der Waals surface area contributed by atoms with E-state index in [2.05, 4.69) is 16.2 Å². The third kappa shape index (κ3) is 4.10. The fourth-order valence-electron chi connectivity index (χ4n) is 1.83. The number of rotatable bonds is 4. The average molecular weight is 287 g/mol. The number of hydrazine groups is 1. The monoisotopic (exact) mass is 287 g/mol. The summed E-state index contributed by atoms with van der Waals surface area (Å²) in [5, 5.41) is 4.47. The maximum Gasteiger partial charge on any atom is 0.333 e. The molecule has 0 saturated heterocycles. The van der Waals surface area contributed by atoms with Crippen molar-refractivity contribution in [3.8, 4) is 5.75 Å². The predicted octanol–water partition coefficient (Wildman–Crippen LogP) is 1.57. The Bertz CT molecular complexity index is 638. The number of hydrogen-bond acceptors (Lipinski definition) is 3. The van der Waals surface area contributed by atoms with Crippen molar-refractivity contribution in [3.63, 3.8) is 0 Å². The third-order valence-electron chi connectivity index (χ3n) is 2.76. The fraction of sp³-hybridized carbons (Fsp3) is 0.200. The summed E-state index contributed by atoms with van der Waals surface area (Å²) >= 11 is 0. The first-order valence-electron chi connectivity index (χ1n) is 6.64. The molecule has 0 aliphatic rings. The molecule has 6 heteroatoms. The molecule has 0 aliphatic carbocycles. The van der Waals surface area contributed by atoms with Crippen LogP contribution in [0.25, 0.3) is 10.8 Å². The molecule has 0 radical (unpaired) electrons. The zero-order valence-electron chi connectivity index (χ0n) is 11.7. The number of nitrogens with one attached hydrogen (secondary N) is 3. The molecule has 0 heterocycles. The Morgan fingerprint density at radius 2 is 1.81 bits per heavy atom. The summed E-state index contributed by atoms with van der Waals surface area (Å²) in [5.74, 6) is 0.190. The van der Waals surface area contributed by atoms with E-state index in [0.29, 0.717) is 12.3 Å². The van der Waals surface area contributed by atoms with Crippen LogP contribution >= 0.6 is 0 Å². The second-order valence-electron chi connectivity index (χ2n) is 4.30. The lowest BCUT2D eigenvalue weighted by Crippen LogP contribution is -2.48. The Labute approximate surface area is 122 Å². The number of benzene rings is 2. The SMILES string of the molecule is CCNC(=O)NNC(=O)COc1cccc2ccccc12. The molecule has 21 heavy (non-hydrogen) atoms. The first kappa shape index (κ1) is 14.6. The first-order valence-corrected chi connectivity index (χ1v) is 6.64. The van der Waals surface area contributed by atoms with Crippen LogP contribution in [0.3, 0.4) is 0 Å². The second kappa shape index (κ2) is 7.14. The van der Waals surface area contributed by atoms with Crippen molar-refractivity contribution in [3.05, 3.63) is 42.5 Å². The second-order valence-corrected chi connectivity index (χ2v) is 4.30. The largest absolute Gasteiger partial charge is 0.483 e. The van der Waals surface area contributed by atoms with Gasteiger partial charge in [-0.3, -0.25) is 10.2 Å². The van der Waals surface area contributed by atoms with Crippen LogP contribution in [-0.4, -0.2) is 25.1 Å². The van der Waals surface area contributed by atoms with Crippen LogP contribution in [-0.2, 0) is 4.79 Å². The number of urea groups is 1. The van der Waals surface area contributed by atoms with Crippen LogP contribution in [0.15, 0.2) is 42.5 Å². The van der Waals surface area contributed by atoms with Crippen molar-refractivity contribution in [2.75, 3.05) is 13.2 Å². The Morgan fingerprint density at radius 1 is 1.05 bits per heavy atom. The van der Waals surface area contributed by atoms with Gasteiger partial charge in [-0.15, -0.1) is 0 Å². The smallest absolute Gasteiger partial charge is 0.333 e. The van der Waals surface area contributed by atoms with Gasteiger partial charge in [-0.2, -0.15) is 0 Å². The van der Waals surface area contributed by atoms with Crippen LogP contribution in [0.1, 0.15) is 6.92 Å². The van der Waals surface area contributed by atoms with Gasteiger partial charge in [-0.25, -0.2) is 10.2 Å². The molecule has 0 atom stereocenters. The zero-order valence-corrected chi connectivity index (χ0v) is 11.7. The molecule has 110 valence electrons. The number of carbonyl (C=O) groups is 2. The maximum atomic E-state index is 11.6. The Morgan fingerprint density at radius 3 is 2.62 bits per heavy atom. The first-order chi connectivity index (χ1) is 10.2. The van der Waals surface area contributed by atoms with E-state index in [4.69, 9.17) is 4.74 Å². The minimum Gasteiger partial charge on any atom is -0.483 e. The summed E-state index contributed by atoms with van der Waals surface area (Å²) < 4.78 is 5.49. The maximum absolute atomic E-state index is 11.6. The lowest BCUT2D eigenvalue weighted by atomic mass is 10.1. The lowest BCUT2D eigenvalue weighted by molar-refractivity contribution is -0.123. The van der Waals surface area contributed by atoms with Gasteiger partial charge in [-0.05, 0) is 18.4 Å². The van der Waals surface area contributed by atoms with E-state index in [1.165, 1.54) is 0 Å². The highest BCUT2D eigenvalue weighted by atomic mass is 16.5. The van der Waals surface area contributed by atoms with Crippen LogP contribution in [0.5, 0.6) is 5.75 Å². The van der Waals surface area contributed by atoms with Gasteiger partial charge in [0.15, 0.2) is 6.61 Å². The van der Waals surface area contributed by atoms with Gasteiger partial charge in [0.2, 0.25) is 0 Å². The van der Waals surface area contributed by atoms with Gasteiger partial charge >= 0.3 is 6.03 Å². The molecule has 0 aliphatic heterocycles. The van der Waals surface area contributed by atoms with Crippen LogP contribution in [0.2, 0.25) is 0 Å². The topological polar surface area (TPSA) is 79.5 Å². The van der Waals surface area contributed by atoms with Gasteiger partial charge in [0.05, 0.1) is 0 Å². The van der Waals surface area contributed by atoms with Crippen molar-refractivity contribution in [2.24, 2.45) is 0 Å².